The second-order valence-corrected chi connectivity index (χ2v) is 6.29. The molecule has 1 aromatic rings. The smallest absolute Gasteiger partial charge is 0.126 e. The van der Waals surface area contributed by atoms with E-state index in [0.717, 1.165) is 31.0 Å². The maximum Gasteiger partial charge on any atom is 0.126 e. The van der Waals surface area contributed by atoms with Crippen LogP contribution in [0, 0.1) is 18.7 Å². The third kappa shape index (κ3) is 3.54. The Labute approximate surface area is 115 Å². The maximum atomic E-state index is 13.3. The van der Waals surface area contributed by atoms with E-state index in [0.29, 0.717) is 5.56 Å². The zero-order valence-corrected chi connectivity index (χ0v) is 12.2. The number of piperidine rings is 1. The van der Waals surface area contributed by atoms with Crippen molar-refractivity contribution in [3.63, 3.8) is 0 Å². The summed E-state index contributed by atoms with van der Waals surface area (Å²) in [7, 11) is 0. The summed E-state index contributed by atoms with van der Waals surface area (Å²) in [6, 6.07) is 5.30. The number of nitrogens with zero attached hydrogens (tertiary/aromatic N) is 1. The summed E-state index contributed by atoms with van der Waals surface area (Å²) in [6.07, 6.45) is 3.20. The lowest BCUT2D eigenvalue weighted by molar-refractivity contribution is 0.0695. The highest BCUT2D eigenvalue weighted by Gasteiger charge is 2.30. The van der Waals surface area contributed by atoms with Gasteiger partial charge in [0.05, 0.1) is 5.66 Å². The monoisotopic (exact) mass is 264 g/mol. The lowest BCUT2D eigenvalue weighted by Crippen LogP contribution is -2.57. The van der Waals surface area contributed by atoms with E-state index in [1.165, 1.54) is 12.8 Å². The highest BCUT2D eigenvalue weighted by Crippen LogP contribution is 2.24. The summed E-state index contributed by atoms with van der Waals surface area (Å²) in [4.78, 5) is 2.37. The molecule has 19 heavy (non-hydrogen) atoms. The first-order valence-corrected chi connectivity index (χ1v) is 7.17. The van der Waals surface area contributed by atoms with E-state index in [1.807, 2.05) is 12.1 Å². The highest BCUT2D eigenvalue weighted by atomic mass is 19.1. The number of rotatable bonds is 3. The molecule has 0 aromatic heterocycles. The Hall–Kier alpha value is -0.930. The molecule has 1 aliphatic rings. The Kier molecular flexibility index (Phi) is 4.26. The van der Waals surface area contributed by atoms with Crippen molar-refractivity contribution < 1.29 is 4.39 Å². The van der Waals surface area contributed by atoms with Crippen molar-refractivity contribution in [1.82, 2.24) is 4.90 Å². The molecule has 1 saturated heterocycles. The minimum absolute atomic E-state index is 0.144. The molecular weight excluding hydrogens is 239 g/mol. The van der Waals surface area contributed by atoms with Gasteiger partial charge < -0.3 is 5.73 Å². The van der Waals surface area contributed by atoms with Gasteiger partial charge in [0.25, 0.3) is 0 Å². The van der Waals surface area contributed by atoms with Gasteiger partial charge in [-0.15, -0.1) is 0 Å². The predicted molar refractivity (Wildman–Crippen MR) is 77.4 cm³/mol. The van der Waals surface area contributed by atoms with Gasteiger partial charge in [0.2, 0.25) is 0 Å². The van der Waals surface area contributed by atoms with Gasteiger partial charge in [0.1, 0.15) is 5.82 Å². The number of hydrogen-bond donors (Lipinski definition) is 1. The van der Waals surface area contributed by atoms with Gasteiger partial charge in [-0.1, -0.05) is 19.1 Å². The summed E-state index contributed by atoms with van der Waals surface area (Å²) >= 11 is 0. The number of nitrogens with two attached hydrogens (primary N) is 1. The van der Waals surface area contributed by atoms with E-state index in [-0.39, 0.29) is 11.5 Å². The first kappa shape index (κ1) is 14.5. The molecule has 0 amide bonds. The number of hydrogen-bond acceptors (Lipinski definition) is 2. The summed E-state index contributed by atoms with van der Waals surface area (Å²) in [5.74, 6) is 0.661. The van der Waals surface area contributed by atoms with Crippen LogP contribution >= 0.6 is 0 Å². The molecule has 0 bridgehead atoms. The largest absolute Gasteiger partial charge is 0.313 e. The molecule has 1 heterocycles. The van der Waals surface area contributed by atoms with Gasteiger partial charge in [-0.25, -0.2) is 4.39 Å². The van der Waals surface area contributed by atoms with Gasteiger partial charge in [-0.2, -0.15) is 0 Å². The Balaban J connectivity index is 2.05. The van der Waals surface area contributed by atoms with Gasteiger partial charge in [0.15, 0.2) is 0 Å². The molecule has 3 heteroatoms. The van der Waals surface area contributed by atoms with E-state index in [4.69, 9.17) is 5.73 Å². The maximum absolute atomic E-state index is 13.3. The van der Waals surface area contributed by atoms with E-state index < -0.39 is 0 Å². The van der Waals surface area contributed by atoms with Crippen LogP contribution in [0.1, 0.15) is 37.8 Å². The molecule has 0 spiro atoms. The van der Waals surface area contributed by atoms with Crippen LogP contribution in [0.25, 0.3) is 0 Å². The first-order chi connectivity index (χ1) is 8.88. The summed E-state index contributed by atoms with van der Waals surface area (Å²) in [6.45, 7) is 8.31. The second-order valence-electron chi connectivity index (χ2n) is 6.29. The number of benzene rings is 1. The van der Waals surface area contributed by atoms with Crippen LogP contribution in [0.2, 0.25) is 0 Å². The standard InChI is InChI=1S/C16H25FN2/c1-12-6-8-19(9-7-12)16(3,18)11-14-4-5-15(17)13(2)10-14/h4-5,10,12H,6-9,11,18H2,1-3H3. The van der Waals surface area contributed by atoms with Crippen molar-refractivity contribution in [3.05, 3.63) is 35.1 Å². The highest BCUT2D eigenvalue weighted by molar-refractivity contribution is 5.25. The SMILES string of the molecule is Cc1cc(CC(C)(N)N2CCC(C)CC2)ccc1F. The average molecular weight is 264 g/mol. The van der Waals surface area contributed by atoms with Crippen LogP contribution < -0.4 is 5.73 Å². The normalized spacial score (nSPS) is 21.3. The topological polar surface area (TPSA) is 29.3 Å². The van der Waals surface area contributed by atoms with E-state index in [1.54, 1.807) is 13.0 Å². The fourth-order valence-electron chi connectivity index (χ4n) is 2.86. The van der Waals surface area contributed by atoms with Crippen molar-refractivity contribution in [2.24, 2.45) is 11.7 Å². The van der Waals surface area contributed by atoms with Crippen molar-refractivity contribution in [2.75, 3.05) is 13.1 Å². The minimum Gasteiger partial charge on any atom is -0.313 e. The van der Waals surface area contributed by atoms with Crippen molar-refractivity contribution in [3.8, 4) is 0 Å². The predicted octanol–water partition coefficient (Wildman–Crippen LogP) is 3.08. The quantitative estimate of drug-likeness (QED) is 0.909. The lowest BCUT2D eigenvalue weighted by Gasteiger charge is -2.42. The molecule has 2 N–H and O–H groups in total. The molecule has 1 unspecified atom stereocenters. The van der Waals surface area contributed by atoms with Crippen molar-refractivity contribution in [2.45, 2.75) is 45.7 Å². The van der Waals surface area contributed by atoms with Crippen LogP contribution in [0.15, 0.2) is 18.2 Å². The van der Waals surface area contributed by atoms with E-state index in [2.05, 4.69) is 18.7 Å². The molecular formula is C16H25FN2. The van der Waals surface area contributed by atoms with Gasteiger partial charge >= 0.3 is 0 Å². The fourth-order valence-corrected chi connectivity index (χ4v) is 2.86. The third-order valence-electron chi connectivity index (χ3n) is 4.29. The molecule has 1 fully saturated rings. The van der Waals surface area contributed by atoms with Crippen LogP contribution in [0.4, 0.5) is 4.39 Å². The van der Waals surface area contributed by atoms with Crippen molar-refractivity contribution in [1.29, 1.82) is 0 Å². The molecule has 1 atom stereocenters. The zero-order chi connectivity index (χ0) is 14.0. The Morgan fingerprint density at radius 3 is 2.58 bits per heavy atom. The zero-order valence-electron chi connectivity index (χ0n) is 12.2. The minimum atomic E-state index is -0.343. The van der Waals surface area contributed by atoms with Crippen LogP contribution in [0.5, 0.6) is 0 Å². The van der Waals surface area contributed by atoms with Crippen LogP contribution in [-0.4, -0.2) is 23.7 Å². The summed E-state index contributed by atoms with van der Waals surface area (Å²) in [5, 5.41) is 0. The molecule has 0 aliphatic carbocycles. The summed E-state index contributed by atoms with van der Waals surface area (Å²) in [5.41, 5.74) is 7.95. The average Bonchev–Trinajstić information content (AvgIpc) is 2.34. The molecule has 1 aliphatic heterocycles. The van der Waals surface area contributed by atoms with Gasteiger partial charge in [-0.05, 0) is 49.8 Å². The van der Waals surface area contributed by atoms with Crippen LogP contribution in [-0.2, 0) is 6.42 Å². The Morgan fingerprint density at radius 2 is 2.00 bits per heavy atom. The molecule has 2 nitrogen and oxygen atoms in total. The molecule has 106 valence electrons. The van der Waals surface area contributed by atoms with Gasteiger partial charge in [-0.3, -0.25) is 4.90 Å². The molecule has 2 rings (SSSR count). The van der Waals surface area contributed by atoms with Gasteiger partial charge in [0, 0.05) is 19.5 Å². The van der Waals surface area contributed by atoms with E-state index >= 15 is 0 Å². The Bertz CT molecular complexity index is 434. The number of aryl methyl sites for hydroxylation is 1. The second kappa shape index (κ2) is 5.59. The molecule has 0 saturated carbocycles. The first-order valence-electron chi connectivity index (χ1n) is 7.17. The number of likely N-dealkylation sites (tertiary alicyclic amines) is 1. The molecule has 1 aromatic carbocycles. The Morgan fingerprint density at radius 1 is 1.37 bits per heavy atom. The van der Waals surface area contributed by atoms with E-state index in [9.17, 15) is 4.39 Å². The van der Waals surface area contributed by atoms with Crippen molar-refractivity contribution >= 4 is 0 Å². The molecule has 0 radical (unpaired) electrons. The lowest BCUT2D eigenvalue weighted by atomic mass is 9.93. The fraction of sp³-hybridized carbons (Fsp3) is 0.625. The van der Waals surface area contributed by atoms with Crippen LogP contribution in [0.3, 0.4) is 0 Å². The number of halogens is 1. The summed E-state index contributed by atoms with van der Waals surface area (Å²) < 4.78 is 13.3. The third-order valence-corrected chi connectivity index (χ3v) is 4.29.